The van der Waals surface area contributed by atoms with Gasteiger partial charge in [0.25, 0.3) is 5.91 Å². The van der Waals surface area contributed by atoms with Gasteiger partial charge in [-0.05, 0) is 68.2 Å². The van der Waals surface area contributed by atoms with Crippen LogP contribution in [0.4, 0.5) is 5.69 Å². The van der Waals surface area contributed by atoms with Gasteiger partial charge in [0.15, 0.2) is 5.11 Å². The SMILES string of the molecule is C[C@H](NC(=S)Nc1ccc(C(=O)N2CCCCC2)cc1)c1ccccc1. The number of piperidine rings is 1. The standard InChI is InChI=1S/C21H25N3OS/c1-16(17-8-4-2-5-9-17)22-21(26)23-19-12-10-18(11-13-19)20(25)24-14-6-3-7-15-24/h2,4-5,8-13,16H,3,6-7,14-15H2,1H3,(H2,22,23,26)/t16-/m0/s1. The summed E-state index contributed by atoms with van der Waals surface area (Å²) >= 11 is 5.40. The molecule has 1 fully saturated rings. The molecule has 0 bridgehead atoms. The number of anilines is 1. The lowest BCUT2D eigenvalue weighted by Crippen LogP contribution is -2.35. The van der Waals surface area contributed by atoms with Crippen LogP contribution in [0.1, 0.15) is 48.1 Å². The maximum atomic E-state index is 12.5. The first kappa shape index (κ1) is 18.4. The highest BCUT2D eigenvalue weighted by atomic mass is 32.1. The number of hydrogen-bond donors (Lipinski definition) is 2. The van der Waals surface area contributed by atoms with Crippen LogP contribution in [-0.2, 0) is 0 Å². The Kier molecular flexibility index (Phi) is 6.23. The Morgan fingerprint density at radius 1 is 1.00 bits per heavy atom. The van der Waals surface area contributed by atoms with Gasteiger partial charge in [-0.3, -0.25) is 4.79 Å². The van der Waals surface area contributed by atoms with E-state index in [9.17, 15) is 4.79 Å². The van der Waals surface area contributed by atoms with E-state index < -0.39 is 0 Å². The summed E-state index contributed by atoms with van der Waals surface area (Å²) in [5.41, 5.74) is 2.78. The van der Waals surface area contributed by atoms with E-state index in [4.69, 9.17) is 12.2 Å². The molecule has 136 valence electrons. The number of carbonyl (C=O) groups is 1. The lowest BCUT2D eigenvalue weighted by atomic mass is 10.1. The topological polar surface area (TPSA) is 44.4 Å². The fourth-order valence-corrected chi connectivity index (χ4v) is 3.46. The Morgan fingerprint density at radius 2 is 1.65 bits per heavy atom. The molecule has 5 heteroatoms. The summed E-state index contributed by atoms with van der Waals surface area (Å²) in [6.07, 6.45) is 3.42. The highest BCUT2D eigenvalue weighted by molar-refractivity contribution is 7.80. The average molecular weight is 368 g/mol. The molecule has 0 unspecified atom stereocenters. The van der Waals surface area contributed by atoms with Crippen LogP contribution in [0.15, 0.2) is 54.6 Å². The second kappa shape index (κ2) is 8.81. The second-order valence-electron chi connectivity index (χ2n) is 6.66. The molecule has 3 rings (SSSR count). The molecule has 2 aromatic carbocycles. The molecule has 0 aromatic heterocycles. The zero-order valence-corrected chi connectivity index (χ0v) is 15.9. The highest BCUT2D eigenvalue weighted by Crippen LogP contribution is 2.16. The van der Waals surface area contributed by atoms with Crippen molar-refractivity contribution < 1.29 is 4.79 Å². The van der Waals surface area contributed by atoms with Crippen molar-refractivity contribution in [2.45, 2.75) is 32.2 Å². The third kappa shape index (κ3) is 4.82. The van der Waals surface area contributed by atoms with Crippen molar-refractivity contribution in [3.05, 3.63) is 65.7 Å². The fraction of sp³-hybridized carbons (Fsp3) is 0.333. The summed E-state index contributed by atoms with van der Waals surface area (Å²) in [6, 6.07) is 17.8. The number of rotatable bonds is 4. The third-order valence-corrected chi connectivity index (χ3v) is 4.90. The van der Waals surface area contributed by atoms with Crippen LogP contribution in [0.2, 0.25) is 0 Å². The molecule has 2 aromatic rings. The predicted molar refractivity (Wildman–Crippen MR) is 110 cm³/mol. The molecule has 1 saturated heterocycles. The Bertz CT molecular complexity index is 740. The Morgan fingerprint density at radius 3 is 2.31 bits per heavy atom. The first-order valence-corrected chi connectivity index (χ1v) is 9.56. The quantitative estimate of drug-likeness (QED) is 0.788. The van der Waals surface area contributed by atoms with Gasteiger partial charge in [-0.15, -0.1) is 0 Å². The number of thiocarbonyl (C=S) groups is 1. The molecule has 1 aliphatic heterocycles. The minimum atomic E-state index is 0.120. The monoisotopic (exact) mass is 367 g/mol. The molecule has 1 heterocycles. The number of likely N-dealkylation sites (tertiary alicyclic amines) is 1. The molecule has 0 saturated carbocycles. The van der Waals surface area contributed by atoms with E-state index in [0.29, 0.717) is 5.11 Å². The van der Waals surface area contributed by atoms with Crippen LogP contribution in [-0.4, -0.2) is 29.0 Å². The molecule has 1 aliphatic rings. The van der Waals surface area contributed by atoms with E-state index in [1.54, 1.807) is 0 Å². The summed E-state index contributed by atoms with van der Waals surface area (Å²) in [5.74, 6) is 0.120. The van der Waals surface area contributed by atoms with Gasteiger partial charge in [-0.1, -0.05) is 30.3 Å². The van der Waals surface area contributed by atoms with E-state index in [1.807, 2.05) is 47.4 Å². The molecule has 0 aliphatic carbocycles. The van der Waals surface area contributed by atoms with Gasteiger partial charge >= 0.3 is 0 Å². The highest BCUT2D eigenvalue weighted by Gasteiger charge is 2.17. The maximum absolute atomic E-state index is 12.5. The first-order valence-electron chi connectivity index (χ1n) is 9.15. The van der Waals surface area contributed by atoms with E-state index >= 15 is 0 Å². The van der Waals surface area contributed by atoms with E-state index in [-0.39, 0.29) is 11.9 Å². The zero-order valence-electron chi connectivity index (χ0n) is 15.1. The molecular formula is C21H25N3OS. The van der Waals surface area contributed by atoms with Gasteiger partial charge in [0, 0.05) is 24.3 Å². The normalized spacial score (nSPS) is 15.2. The van der Waals surface area contributed by atoms with E-state index in [2.05, 4.69) is 29.7 Å². The molecule has 4 nitrogen and oxygen atoms in total. The van der Waals surface area contributed by atoms with Gasteiger partial charge in [0.1, 0.15) is 0 Å². The van der Waals surface area contributed by atoms with Crippen molar-refractivity contribution in [3.63, 3.8) is 0 Å². The van der Waals surface area contributed by atoms with Crippen LogP contribution in [0.25, 0.3) is 0 Å². The number of hydrogen-bond acceptors (Lipinski definition) is 2. The first-order chi connectivity index (χ1) is 12.6. The fourth-order valence-electron chi connectivity index (χ4n) is 3.16. The second-order valence-corrected chi connectivity index (χ2v) is 7.07. The number of benzene rings is 2. The van der Waals surface area contributed by atoms with Crippen molar-refractivity contribution >= 4 is 28.9 Å². The molecule has 2 N–H and O–H groups in total. The van der Waals surface area contributed by atoms with Crippen molar-refractivity contribution in [2.24, 2.45) is 0 Å². The third-order valence-electron chi connectivity index (χ3n) is 4.68. The molecule has 0 spiro atoms. The Hall–Kier alpha value is -2.40. The maximum Gasteiger partial charge on any atom is 0.253 e. The van der Waals surface area contributed by atoms with Crippen molar-refractivity contribution in [1.29, 1.82) is 0 Å². The van der Waals surface area contributed by atoms with Crippen LogP contribution < -0.4 is 10.6 Å². The van der Waals surface area contributed by atoms with Crippen molar-refractivity contribution in [2.75, 3.05) is 18.4 Å². The van der Waals surface area contributed by atoms with Gasteiger partial charge < -0.3 is 15.5 Å². The van der Waals surface area contributed by atoms with Crippen LogP contribution in [0.5, 0.6) is 0 Å². The van der Waals surface area contributed by atoms with Gasteiger partial charge in [0.05, 0.1) is 6.04 Å². The molecule has 26 heavy (non-hydrogen) atoms. The number of amides is 1. The Balaban J connectivity index is 1.55. The Labute approximate surface area is 160 Å². The lowest BCUT2D eigenvalue weighted by Gasteiger charge is -2.26. The van der Waals surface area contributed by atoms with Crippen LogP contribution in [0.3, 0.4) is 0 Å². The number of nitrogens with zero attached hydrogens (tertiary/aromatic N) is 1. The molecule has 1 atom stereocenters. The zero-order chi connectivity index (χ0) is 18.4. The number of carbonyl (C=O) groups excluding carboxylic acids is 1. The summed E-state index contributed by atoms with van der Waals surface area (Å²) < 4.78 is 0. The van der Waals surface area contributed by atoms with Crippen LogP contribution >= 0.6 is 12.2 Å². The smallest absolute Gasteiger partial charge is 0.253 e. The van der Waals surface area contributed by atoms with Crippen molar-refractivity contribution in [1.82, 2.24) is 10.2 Å². The summed E-state index contributed by atoms with van der Waals surface area (Å²) in [6.45, 7) is 3.80. The van der Waals surface area contributed by atoms with E-state index in [1.165, 1.54) is 12.0 Å². The van der Waals surface area contributed by atoms with Gasteiger partial charge in [-0.25, -0.2) is 0 Å². The molecule has 1 amide bonds. The number of nitrogens with one attached hydrogen (secondary N) is 2. The van der Waals surface area contributed by atoms with Crippen LogP contribution in [0, 0.1) is 0 Å². The van der Waals surface area contributed by atoms with E-state index in [0.717, 1.165) is 37.2 Å². The molecule has 0 radical (unpaired) electrons. The predicted octanol–water partition coefficient (Wildman–Crippen LogP) is 4.36. The lowest BCUT2D eigenvalue weighted by molar-refractivity contribution is 0.0724. The van der Waals surface area contributed by atoms with Crippen molar-refractivity contribution in [3.8, 4) is 0 Å². The largest absolute Gasteiger partial charge is 0.356 e. The summed E-state index contributed by atoms with van der Waals surface area (Å²) in [5, 5.41) is 7.03. The average Bonchev–Trinajstić information content (AvgIpc) is 2.69. The minimum Gasteiger partial charge on any atom is -0.356 e. The minimum absolute atomic E-state index is 0.120. The molecular weight excluding hydrogens is 342 g/mol. The van der Waals surface area contributed by atoms with Gasteiger partial charge in [-0.2, -0.15) is 0 Å². The summed E-state index contributed by atoms with van der Waals surface area (Å²) in [4.78, 5) is 14.4. The van der Waals surface area contributed by atoms with Gasteiger partial charge in [0.2, 0.25) is 0 Å². The summed E-state index contributed by atoms with van der Waals surface area (Å²) in [7, 11) is 0.